The molecule has 0 saturated heterocycles. The van der Waals surface area contributed by atoms with Crippen LogP contribution in [-0.2, 0) is 14.3 Å². The van der Waals surface area contributed by atoms with Gasteiger partial charge in [0.1, 0.15) is 11.5 Å². The van der Waals surface area contributed by atoms with Gasteiger partial charge in [-0.3, -0.25) is 4.79 Å². The second kappa shape index (κ2) is 10.7. The molecule has 1 aromatic carbocycles. The number of amides is 1. The minimum absolute atomic E-state index is 0.0838. The number of hydrogen-bond acceptors (Lipinski definition) is 5. The van der Waals surface area contributed by atoms with Crippen LogP contribution in [0.4, 0.5) is 0 Å². The molecule has 0 atom stereocenters. The van der Waals surface area contributed by atoms with Gasteiger partial charge in [0.15, 0.2) is 0 Å². The van der Waals surface area contributed by atoms with E-state index in [9.17, 15) is 4.79 Å². The molecule has 0 radical (unpaired) electrons. The summed E-state index contributed by atoms with van der Waals surface area (Å²) in [6.07, 6.45) is 1.61. The van der Waals surface area contributed by atoms with Gasteiger partial charge in [0.25, 0.3) is 0 Å². The van der Waals surface area contributed by atoms with Crippen molar-refractivity contribution in [1.82, 2.24) is 4.90 Å². The highest BCUT2D eigenvalue weighted by atomic mass is 16.5. The van der Waals surface area contributed by atoms with E-state index in [4.69, 9.17) is 18.9 Å². The molecule has 6 nitrogen and oxygen atoms in total. The number of benzene rings is 1. The Morgan fingerprint density at radius 3 is 2.17 bits per heavy atom. The lowest BCUT2D eigenvalue weighted by Crippen LogP contribution is -2.35. The summed E-state index contributed by atoms with van der Waals surface area (Å²) in [7, 11) is 6.42. The molecule has 0 bridgehead atoms. The summed E-state index contributed by atoms with van der Waals surface area (Å²) in [5, 5.41) is 0. The van der Waals surface area contributed by atoms with E-state index in [0.717, 1.165) is 11.1 Å². The summed E-state index contributed by atoms with van der Waals surface area (Å²) in [5.74, 6) is 1.28. The molecule has 0 unspecified atom stereocenters. The first-order valence-electron chi connectivity index (χ1n) is 7.74. The van der Waals surface area contributed by atoms with Gasteiger partial charge in [-0.1, -0.05) is 0 Å². The smallest absolute Gasteiger partial charge is 0.247 e. The van der Waals surface area contributed by atoms with Crippen LogP contribution in [0.25, 0.3) is 5.57 Å². The Morgan fingerprint density at radius 2 is 1.67 bits per heavy atom. The zero-order chi connectivity index (χ0) is 17.9. The molecule has 6 heteroatoms. The Labute approximate surface area is 143 Å². The number of carbonyl (C=O) groups excluding carboxylic acids is 1. The van der Waals surface area contributed by atoms with Crippen molar-refractivity contribution in [2.75, 3.05) is 54.7 Å². The number of methoxy groups -OCH3 is 4. The predicted octanol–water partition coefficient (Wildman–Crippen LogP) is 2.23. The molecule has 0 aromatic heterocycles. The maximum atomic E-state index is 12.5. The summed E-state index contributed by atoms with van der Waals surface area (Å²) in [5.41, 5.74) is 1.67. The highest BCUT2D eigenvalue weighted by Gasteiger charge is 2.13. The van der Waals surface area contributed by atoms with Crippen molar-refractivity contribution < 1.29 is 23.7 Å². The zero-order valence-corrected chi connectivity index (χ0v) is 15.1. The van der Waals surface area contributed by atoms with Crippen LogP contribution < -0.4 is 9.47 Å². The summed E-state index contributed by atoms with van der Waals surface area (Å²) in [4.78, 5) is 14.2. The Balaban J connectivity index is 2.97. The highest BCUT2D eigenvalue weighted by Crippen LogP contribution is 2.29. The maximum absolute atomic E-state index is 12.5. The summed E-state index contributed by atoms with van der Waals surface area (Å²) >= 11 is 0. The van der Waals surface area contributed by atoms with Gasteiger partial charge in [-0.25, -0.2) is 0 Å². The molecule has 0 fully saturated rings. The summed E-state index contributed by atoms with van der Waals surface area (Å²) < 4.78 is 20.7. The topological polar surface area (TPSA) is 57.2 Å². The van der Waals surface area contributed by atoms with E-state index >= 15 is 0 Å². The van der Waals surface area contributed by atoms with Gasteiger partial charge in [0, 0.05) is 45.0 Å². The summed E-state index contributed by atoms with van der Waals surface area (Å²) in [6.45, 7) is 3.87. The normalized spacial score (nSPS) is 11.3. The van der Waals surface area contributed by atoms with Crippen molar-refractivity contribution in [2.24, 2.45) is 0 Å². The SMILES string of the molecule is COCCN(CCOC)C(=O)/C=C(\C)c1ccc(OC)cc1OC. The van der Waals surface area contributed by atoms with Crippen molar-refractivity contribution >= 4 is 11.5 Å². The van der Waals surface area contributed by atoms with Gasteiger partial charge in [-0.05, 0) is 24.6 Å². The van der Waals surface area contributed by atoms with Crippen molar-refractivity contribution in [3.8, 4) is 11.5 Å². The highest BCUT2D eigenvalue weighted by molar-refractivity contribution is 5.95. The third kappa shape index (κ3) is 5.86. The molecule has 134 valence electrons. The van der Waals surface area contributed by atoms with Crippen LogP contribution >= 0.6 is 0 Å². The Bertz CT molecular complexity index is 548. The van der Waals surface area contributed by atoms with Gasteiger partial charge in [-0.2, -0.15) is 0 Å². The van der Waals surface area contributed by atoms with Crippen molar-refractivity contribution in [1.29, 1.82) is 0 Å². The van der Waals surface area contributed by atoms with Gasteiger partial charge in [-0.15, -0.1) is 0 Å². The van der Waals surface area contributed by atoms with Crippen LogP contribution in [0.15, 0.2) is 24.3 Å². The Kier molecular flexibility index (Phi) is 8.89. The van der Waals surface area contributed by atoms with E-state index < -0.39 is 0 Å². The first kappa shape index (κ1) is 20.0. The quantitative estimate of drug-likeness (QED) is 0.613. The van der Waals surface area contributed by atoms with Crippen molar-refractivity contribution in [3.05, 3.63) is 29.8 Å². The molecular formula is C18H27NO5. The zero-order valence-electron chi connectivity index (χ0n) is 15.1. The van der Waals surface area contributed by atoms with Gasteiger partial charge in [0.2, 0.25) is 5.91 Å². The molecule has 0 aliphatic carbocycles. The van der Waals surface area contributed by atoms with Gasteiger partial charge < -0.3 is 23.8 Å². The number of nitrogens with zero attached hydrogens (tertiary/aromatic N) is 1. The molecule has 0 aliphatic heterocycles. The predicted molar refractivity (Wildman–Crippen MR) is 93.5 cm³/mol. The Hall–Kier alpha value is -2.05. The number of allylic oxidation sites excluding steroid dienone is 1. The molecule has 1 amide bonds. The van der Waals surface area contributed by atoms with E-state index in [-0.39, 0.29) is 5.91 Å². The standard InChI is InChI=1S/C18H27NO5/c1-14(16-7-6-15(23-4)13-17(16)24-5)12-18(20)19(8-10-21-2)9-11-22-3/h6-7,12-13H,8-11H2,1-5H3/b14-12+. The molecular weight excluding hydrogens is 310 g/mol. The second-order valence-corrected chi connectivity index (χ2v) is 5.20. The number of rotatable bonds is 10. The molecule has 1 aromatic rings. The van der Waals surface area contributed by atoms with E-state index in [2.05, 4.69) is 0 Å². The van der Waals surface area contributed by atoms with Crippen LogP contribution in [0.1, 0.15) is 12.5 Å². The lowest BCUT2D eigenvalue weighted by atomic mass is 10.1. The lowest BCUT2D eigenvalue weighted by molar-refractivity contribution is -0.127. The fourth-order valence-electron chi connectivity index (χ4n) is 2.21. The van der Waals surface area contributed by atoms with Crippen molar-refractivity contribution in [2.45, 2.75) is 6.92 Å². The molecule has 0 N–H and O–H groups in total. The first-order valence-corrected chi connectivity index (χ1v) is 7.74. The van der Waals surface area contributed by atoms with E-state index in [1.165, 1.54) is 0 Å². The average Bonchev–Trinajstić information content (AvgIpc) is 2.60. The average molecular weight is 337 g/mol. The van der Waals surface area contributed by atoms with Crippen LogP contribution in [0.5, 0.6) is 11.5 Å². The summed E-state index contributed by atoms with van der Waals surface area (Å²) in [6, 6.07) is 5.52. The van der Waals surface area contributed by atoms with Crippen LogP contribution in [0.3, 0.4) is 0 Å². The van der Waals surface area contributed by atoms with E-state index in [0.29, 0.717) is 37.8 Å². The van der Waals surface area contributed by atoms with Crippen LogP contribution in [0, 0.1) is 0 Å². The molecule has 24 heavy (non-hydrogen) atoms. The third-order valence-electron chi connectivity index (χ3n) is 3.62. The molecule has 0 saturated carbocycles. The van der Waals surface area contributed by atoms with E-state index in [1.54, 1.807) is 45.5 Å². The van der Waals surface area contributed by atoms with Crippen LogP contribution in [-0.4, -0.2) is 65.5 Å². The lowest BCUT2D eigenvalue weighted by Gasteiger charge is -2.21. The van der Waals surface area contributed by atoms with Crippen LogP contribution in [0.2, 0.25) is 0 Å². The van der Waals surface area contributed by atoms with Gasteiger partial charge in [0.05, 0.1) is 27.4 Å². The Morgan fingerprint density at radius 1 is 1.04 bits per heavy atom. The van der Waals surface area contributed by atoms with E-state index in [1.807, 2.05) is 19.1 Å². The molecule has 0 spiro atoms. The molecule has 1 rings (SSSR count). The third-order valence-corrected chi connectivity index (χ3v) is 3.62. The number of hydrogen-bond donors (Lipinski definition) is 0. The fraction of sp³-hybridized carbons (Fsp3) is 0.500. The fourth-order valence-corrected chi connectivity index (χ4v) is 2.21. The van der Waals surface area contributed by atoms with Crippen molar-refractivity contribution in [3.63, 3.8) is 0 Å². The number of carbonyl (C=O) groups is 1. The minimum atomic E-state index is -0.0838. The number of ether oxygens (including phenoxy) is 4. The monoisotopic (exact) mass is 337 g/mol. The largest absolute Gasteiger partial charge is 0.497 e. The minimum Gasteiger partial charge on any atom is -0.497 e. The molecule has 0 aliphatic rings. The maximum Gasteiger partial charge on any atom is 0.247 e. The first-order chi connectivity index (χ1) is 11.6. The molecule has 0 heterocycles. The second-order valence-electron chi connectivity index (χ2n) is 5.20. The van der Waals surface area contributed by atoms with Gasteiger partial charge >= 0.3 is 0 Å².